The lowest BCUT2D eigenvalue weighted by Crippen LogP contribution is -2.47. The third kappa shape index (κ3) is 5.26. The summed E-state index contributed by atoms with van der Waals surface area (Å²) in [5.74, 6) is -0.781. The highest BCUT2D eigenvalue weighted by molar-refractivity contribution is 5.79. The van der Waals surface area contributed by atoms with E-state index in [-0.39, 0.29) is 17.9 Å². The fraction of sp³-hybridized carbons (Fsp3) is 0.389. The number of rotatable bonds is 7. The number of halogens is 3. The number of benzene rings is 1. The Morgan fingerprint density at radius 3 is 2.31 bits per heavy atom. The summed E-state index contributed by atoms with van der Waals surface area (Å²) in [6, 6.07) is 2.75. The summed E-state index contributed by atoms with van der Waals surface area (Å²) >= 11 is 0. The van der Waals surface area contributed by atoms with Crippen LogP contribution in [0.1, 0.15) is 31.9 Å². The molecule has 0 unspecified atom stereocenters. The summed E-state index contributed by atoms with van der Waals surface area (Å²) in [6.45, 7) is 3.63. The minimum absolute atomic E-state index is 0.000136. The second kappa shape index (κ2) is 8.27. The normalized spacial score (nSPS) is 14.2. The molecule has 1 aromatic heterocycles. The van der Waals surface area contributed by atoms with Crippen LogP contribution in [0.5, 0.6) is 0 Å². The van der Waals surface area contributed by atoms with Gasteiger partial charge in [0.2, 0.25) is 5.91 Å². The summed E-state index contributed by atoms with van der Waals surface area (Å²) in [4.78, 5) is 19.6. The Morgan fingerprint density at radius 1 is 1.19 bits per heavy atom. The lowest BCUT2D eigenvalue weighted by atomic mass is 9.99. The zero-order valence-corrected chi connectivity index (χ0v) is 14.5. The highest BCUT2D eigenvalue weighted by atomic mass is 19.4. The van der Waals surface area contributed by atoms with Crippen LogP contribution in [-0.4, -0.2) is 28.1 Å². The second-order valence-electron chi connectivity index (χ2n) is 6.44. The predicted octanol–water partition coefficient (Wildman–Crippen LogP) is 3.24. The maximum atomic E-state index is 13.6. The molecule has 0 aliphatic heterocycles. The molecular formula is C18H21F3N4O. The highest BCUT2D eigenvalue weighted by Crippen LogP contribution is 2.34. The zero-order valence-electron chi connectivity index (χ0n) is 14.5. The molecule has 0 bridgehead atoms. The molecule has 0 aliphatic rings. The van der Waals surface area contributed by atoms with Crippen molar-refractivity contribution in [1.82, 2.24) is 15.3 Å². The average Bonchev–Trinajstić information content (AvgIpc) is 2.58. The monoisotopic (exact) mass is 366 g/mol. The van der Waals surface area contributed by atoms with Gasteiger partial charge in [0, 0.05) is 18.0 Å². The molecule has 1 amide bonds. The van der Waals surface area contributed by atoms with Crippen molar-refractivity contribution < 1.29 is 18.0 Å². The maximum Gasteiger partial charge on any atom is 0.407 e. The molecule has 1 heterocycles. The molecule has 140 valence electrons. The van der Waals surface area contributed by atoms with Crippen LogP contribution in [0.2, 0.25) is 0 Å². The maximum absolute atomic E-state index is 13.6. The molecule has 0 radical (unpaired) electrons. The van der Waals surface area contributed by atoms with Gasteiger partial charge in [0.25, 0.3) is 0 Å². The molecule has 8 heteroatoms. The van der Waals surface area contributed by atoms with Crippen molar-refractivity contribution in [1.29, 1.82) is 0 Å². The first kappa shape index (κ1) is 19.8. The van der Waals surface area contributed by atoms with Crippen molar-refractivity contribution in [3.05, 3.63) is 48.4 Å². The van der Waals surface area contributed by atoms with E-state index in [4.69, 9.17) is 5.73 Å². The molecule has 26 heavy (non-hydrogen) atoms. The first-order valence-corrected chi connectivity index (χ1v) is 8.17. The van der Waals surface area contributed by atoms with Gasteiger partial charge in [0.05, 0.1) is 17.9 Å². The van der Waals surface area contributed by atoms with E-state index in [1.807, 2.05) is 13.8 Å². The minimum atomic E-state index is -4.57. The van der Waals surface area contributed by atoms with Gasteiger partial charge in [0.15, 0.2) is 0 Å². The first-order chi connectivity index (χ1) is 12.2. The number of primary amides is 1. The average molecular weight is 366 g/mol. The summed E-state index contributed by atoms with van der Waals surface area (Å²) in [5.41, 5.74) is 6.48. The number of aromatic nitrogens is 2. The molecule has 2 aromatic rings. The van der Waals surface area contributed by atoms with Gasteiger partial charge in [-0.25, -0.2) is 0 Å². The van der Waals surface area contributed by atoms with Crippen LogP contribution in [0.25, 0.3) is 11.3 Å². The second-order valence-corrected chi connectivity index (χ2v) is 6.44. The Bertz CT molecular complexity index is 717. The largest absolute Gasteiger partial charge is 0.407 e. The molecular weight excluding hydrogens is 345 g/mol. The molecule has 2 rings (SSSR count). The Labute approximate surface area is 149 Å². The minimum Gasteiger partial charge on any atom is -0.368 e. The van der Waals surface area contributed by atoms with E-state index in [2.05, 4.69) is 15.3 Å². The van der Waals surface area contributed by atoms with E-state index in [0.717, 1.165) is 0 Å². The number of carbonyl (C=O) groups is 1. The third-order valence-electron chi connectivity index (χ3n) is 3.85. The van der Waals surface area contributed by atoms with Crippen LogP contribution >= 0.6 is 0 Å². The number of hydrogen-bond donors (Lipinski definition) is 2. The van der Waals surface area contributed by atoms with Crippen molar-refractivity contribution in [2.45, 2.75) is 38.5 Å². The lowest BCUT2D eigenvalue weighted by molar-refractivity contribution is -0.160. The number of amides is 1. The molecule has 1 aromatic carbocycles. The number of alkyl halides is 3. The Morgan fingerprint density at radius 2 is 1.85 bits per heavy atom. The molecule has 0 saturated heterocycles. The van der Waals surface area contributed by atoms with Crippen LogP contribution in [0, 0.1) is 5.92 Å². The van der Waals surface area contributed by atoms with Crippen LogP contribution in [0.15, 0.2) is 42.9 Å². The van der Waals surface area contributed by atoms with E-state index in [1.165, 1.54) is 30.7 Å². The third-order valence-corrected chi connectivity index (χ3v) is 3.85. The van der Waals surface area contributed by atoms with Crippen molar-refractivity contribution in [3.8, 4) is 11.3 Å². The zero-order chi connectivity index (χ0) is 19.3. The molecule has 0 saturated carbocycles. The smallest absolute Gasteiger partial charge is 0.368 e. The van der Waals surface area contributed by atoms with Gasteiger partial charge in [0.1, 0.15) is 6.04 Å². The molecule has 0 spiro atoms. The van der Waals surface area contributed by atoms with Gasteiger partial charge in [-0.1, -0.05) is 38.1 Å². The van der Waals surface area contributed by atoms with E-state index in [1.54, 1.807) is 12.1 Å². The number of hydrogen-bond acceptors (Lipinski definition) is 4. The SMILES string of the molecule is CC(C)C[C@H](N[C@@H](c1ccc(-c2cnccn2)cc1)C(F)(F)F)C(N)=O. The quantitative estimate of drug-likeness (QED) is 0.788. The fourth-order valence-corrected chi connectivity index (χ4v) is 2.61. The van der Waals surface area contributed by atoms with E-state index >= 15 is 0 Å². The summed E-state index contributed by atoms with van der Waals surface area (Å²) < 4.78 is 40.7. The van der Waals surface area contributed by atoms with Gasteiger partial charge >= 0.3 is 6.18 Å². The van der Waals surface area contributed by atoms with Crippen LogP contribution in [-0.2, 0) is 4.79 Å². The number of carbonyl (C=O) groups excluding carboxylic acids is 1. The van der Waals surface area contributed by atoms with Crippen LogP contribution in [0.4, 0.5) is 13.2 Å². The van der Waals surface area contributed by atoms with E-state index in [9.17, 15) is 18.0 Å². The summed E-state index contributed by atoms with van der Waals surface area (Å²) in [6.07, 6.45) is 0.200. The number of nitrogens with zero attached hydrogens (tertiary/aromatic N) is 2. The van der Waals surface area contributed by atoms with Gasteiger partial charge in [-0.15, -0.1) is 0 Å². The topological polar surface area (TPSA) is 80.9 Å². The van der Waals surface area contributed by atoms with Crippen molar-refractivity contribution >= 4 is 5.91 Å². The summed E-state index contributed by atoms with van der Waals surface area (Å²) in [5, 5.41) is 2.37. The number of nitrogens with one attached hydrogen (secondary N) is 1. The van der Waals surface area contributed by atoms with Crippen LogP contribution < -0.4 is 11.1 Å². The van der Waals surface area contributed by atoms with E-state index in [0.29, 0.717) is 11.3 Å². The number of nitrogens with two attached hydrogens (primary N) is 1. The standard InChI is InChI=1S/C18H21F3N4O/c1-11(2)9-14(17(22)26)25-16(18(19,20)21)13-5-3-12(4-6-13)15-10-23-7-8-24-15/h3-8,10-11,14,16,25H,9H2,1-2H3,(H2,22,26)/t14-,16-/m0/s1. The van der Waals surface area contributed by atoms with Crippen LogP contribution in [0.3, 0.4) is 0 Å². The van der Waals surface area contributed by atoms with Gasteiger partial charge in [-0.2, -0.15) is 13.2 Å². The van der Waals surface area contributed by atoms with Gasteiger partial charge in [-0.3, -0.25) is 20.1 Å². The van der Waals surface area contributed by atoms with Gasteiger partial charge in [-0.05, 0) is 17.9 Å². The van der Waals surface area contributed by atoms with Crippen molar-refractivity contribution in [2.75, 3.05) is 0 Å². The molecule has 0 fully saturated rings. The van der Waals surface area contributed by atoms with Gasteiger partial charge < -0.3 is 5.73 Å². The Hall–Kier alpha value is -2.48. The first-order valence-electron chi connectivity index (χ1n) is 8.17. The molecule has 5 nitrogen and oxygen atoms in total. The fourth-order valence-electron chi connectivity index (χ4n) is 2.61. The molecule has 3 N–H and O–H groups in total. The Kier molecular flexibility index (Phi) is 6.31. The highest BCUT2D eigenvalue weighted by Gasteiger charge is 2.42. The van der Waals surface area contributed by atoms with E-state index < -0.39 is 24.2 Å². The molecule has 0 aliphatic carbocycles. The van der Waals surface area contributed by atoms with Crippen molar-refractivity contribution in [2.24, 2.45) is 11.7 Å². The summed E-state index contributed by atoms with van der Waals surface area (Å²) in [7, 11) is 0. The van der Waals surface area contributed by atoms with Crippen molar-refractivity contribution in [3.63, 3.8) is 0 Å². The Balaban J connectivity index is 2.28. The lowest BCUT2D eigenvalue weighted by Gasteiger charge is -2.27. The molecule has 2 atom stereocenters. The predicted molar refractivity (Wildman–Crippen MR) is 91.8 cm³/mol.